The highest BCUT2D eigenvalue weighted by molar-refractivity contribution is 9.10. The van der Waals surface area contributed by atoms with Gasteiger partial charge < -0.3 is 4.74 Å². The molecule has 2 aromatic rings. The van der Waals surface area contributed by atoms with Crippen molar-refractivity contribution in [3.8, 4) is 17.6 Å². The first-order chi connectivity index (χ1) is 9.95. The van der Waals surface area contributed by atoms with E-state index in [1.54, 1.807) is 6.07 Å². The number of ether oxygens (including phenoxy) is 1. The van der Waals surface area contributed by atoms with Gasteiger partial charge in [0.15, 0.2) is 17.4 Å². The Labute approximate surface area is 125 Å². The van der Waals surface area contributed by atoms with Gasteiger partial charge in [-0.1, -0.05) is 6.07 Å². The molecule has 0 radical (unpaired) electrons. The Bertz CT molecular complexity index is 775. The van der Waals surface area contributed by atoms with Crippen molar-refractivity contribution in [2.45, 2.75) is 0 Å². The van der Waals surface area contributed by atoms with E-state index in [1.807, 2.05) is 0 Å². The summed E-state index contributed by atoms with van der Waals surface area (Å²) in [6, 6.07) is 7.22. The smallest absolute Gasteiger partial charge is 0.314 e. The molecule has 5 nitrogen and oxygen atoms in total. The lowest BCUT2D eigenvalue weighted by Gasteiger charge is -2.09. The third-order valence-electron chi connectivity index (χ3n) is 2.52. The lowest BCUT2D eigenvalue weighted by molar-refractivity contribution is -0.385. The van der Waals surface area contributed by atoms with E-state index in [1.165, 1.54) is 6.07 Å². The number of nitriles is 1. The van der Waals surface area contributed by atoms with Crippen molar-refractivity contribution in [3.05, 3.63) is 62.1 Å². The molecule has 106 valence electrons. The minimum Gasteiger partial charge on any atom is -0.444 e. The third-order valence-corrected chi connectivity index (χ3v) is 3.30. The molecule has 8 heteroatoms. The number of benzene rings is 2. The van der Waals surface area contributed by atoms with Crippen LogP contribution < -0.4 is 4.74 Å². The van der Waals surface area contributed by atoms with Crippen LogP contribution in [0.3, 0.4) is 0 Å². The summed E-state index contributed by atoms with van der Waals surface area (Å²) in [6.07, 6.45) is 0. The van der Waals surface area contributed by atoms with Crippen LogP contribution in [0.1, 0.15) is 5.56 Å². The molecule has 2 rings (SSSR count). The van der Waals surface area contributed by atoms with E-state index < -0.39 is 33.7 Å². The number of para-hydroxylation sites is 1. The highest BCUT2D eigenvalue weighted by Crippen LogP contribution is 2.37. The molecule has 0 bridgehead atoms. The van der Waals surface area contributed by atoms with Crippen LogP contribution in [0.25, 0.3) is 0 Å². The van der Waals surface area contributed by atoms with Crippen LogP contribution >= 0.6 is 15.9 Å². The quantitative estimate of drug-likeness (QED) is 0.608. The van der Waals surface area contributed by atoms with Gasteiger partial charge in [-0.2, -0.15) is 5.26 Å². The number of hydrogen-bond acceptors (Lipinski definition) is 4. The maximum atomic E-state index is 14.0. The Morgan fingerprint density at radius 1 is 1.29 bits per heavy atom. The third kappa shape index (κ3) is 2.83. The molecule has 0 fully saturated rings. The minimum atomic E-state index is -0.996. The summed E-state index contributed by atoms with van der Waals surface area (Å²) in [5.74, 6) is -3.08. The van der Waals surface area contributed by atoms with Crippen LogP contribution in [0.5, 0.6) is 11.5 Å². The van der Waals surface area contributed by atoms with E-state index in [9.17, 15) is 18.9 Å². The van der Waals surface area contributed by atoms with Crippen molar-refractivity contribution < 1.29 is 18.4 Å². The Morgan fingerprint density at radius 2 is 2.00 bits per heavy atom. The summed E-state index contributed by atoms with van der Waals surface area (Å²) >= 11 is 2.87. The van der Waals surface area contributed by atoms with Gasteiger partial charge in [-0.05, 0) is 34.1 Å². The molecular weight excluding hydrogens is 350 g/mol. The summed E-state index contributed by atoms with van der Waals surface area (Å²) in [6.45, 7) is 0. The SMILES string of the molecule is N#Cc1ccc(Oc2c(F)cccc2[N+](=O)[O-])c(F)c1Br. The van der Waals surface area contributed by atoms with E-state index in [0.717, 1.165) is 24.3 Å². The second-order valence-electron chi connectivity index (χ2n) is 3.80. The molecule has 0 aliphatic rings. The van der Waals surface area contributed by atoms with Gasteiger partial charge >= 0.3 is 5.69 Å². The van der Waals surface area contributed by atoms with Gasteiger partial charge in [-0.15, -0.1) is 0 Å². The standard InChI is InChI=1S/C13H5BrF2N2O3/c14-11-7(6-17)4-5-10(12(11)16)21-13-8(15)2-1-3-9(13)18(19)20/h1-5H. The molecule has 0 N–H and O–H groups in total. The second-order valence-corrected chi connectivity index (χ2v) is 4.59. The van der Waals surface area contributed by atoms with Crippen molar-refractivity contribution in [2.24, 2.45) is 0 Å². The van der Waals surface area contributed by atoms with E-state index in [-0.39, 0.29) is 10.0 Å². The van der Waals surface area contributed by atoms with Crippen LogP contribution in [-0.2, 0) is 0 Å². The molecular formula is C13H5BrF2N2O3. The Morgan fingerprint density at radius 3 is 2.62 bits per heavy atom. The monoisotopic (exact) mass is 354 g/mol. The lowest BCUT2D eigenvalue weighted by atomic mass is 10.2. The summed E-state index contributed by atoms with van der Waals surface area (Å²) in [5, 5.41) is 19.6. The molecule has 21 heavy (non-hydrogen) atoms. The molecule has 0 aliphatic heterocycles. The van der Waals surface area contributed by atoms with E-state index in [2.05, 4.69) is 15.9 Å². The fraction of sp³-hybridized carbons (Fsp3) is 0. The van der Waals surface area contributed by atoms with Crippen LogP contribution in [-0.4, -0.2) is 4.92 Å². The summed E-state index contributed by atoms with van der Waals surface area (Å²) in [7, 11) is 0. The zero-order valence-electron chi connectivity index (χ0n) is 10.1. The first kappa shape index (κ1) is 14.9. The number of rotatable bonds is 3. The lowest BCUT2D eigenvalue weighted by Crippen LogP contribution is -1.98. The zero-order chi connectivity index (χ0) is 15.6. The number of nitro benzene ring substituents is 1. The minimum absolute atomic E-state index is 0.0166. The van der Waals surface area contributed by atoms with Gasteiger partial charge in [0.05, 0.1) is 15.0 Å². The highest BCUT2D eigenvalue weighted by Gasteiger charge is 2.22. The maximum Gasteiger partial charge on any atom is 0.314 e. The fourth-order valence-corrected chi connectivity index (χ4v) is 1.97. The second kappa shape index (κ2) is 5.85. The van der Waals surface area contributed by atoms with Gasteiger partial charge in [0.2, 0.25) is 5.75 Å². The molecule has 0 aromatic heterocycles. The van der Waals surface area contributed by atoms with Crippen LogP contribution in [0.4, 0.5) is 14.5 Å². The predicted molar refractivity (Wildman–Crippen MR) is 71.9 cm³/mol. The van der Waals surface area contributed by atoms with E-state index in [4.69, 9.17) is 10.00 Å². The fourth-order valence-electron chi connectivity index (χ4n) is 1.55. The van der Waals surface area contributed by atoms with Crippen molar-refractivity contribution in [3.63, 3.8) is 0 Å². The first-order valence-electron chi connectivity index (χ1n) is 5.44. The zero-order valence-corrected chi connectivity index (χ0v) is 11.7. The molecule has 2 aromatic carbocycles. The van der Waals surface area contributed by atoms with Gasteiger partial charge in [0, 0.05) is 6.07 Å². The van der Waals surface area contributed by atoms with Crippen LogP contribution in [0.15, 0.2) is 34.8 Å². The predicted octanol–water partition coefficient (Wildman–Crippen LogP) is 4.30. The van der Waals surface area contributed by atoms with Gasteiger partial charge in [-0.25, -0.2) is 8.78 Å². The molecule has 0 spiro atoms. The molecule has 0 saturated heterocycles. The van der Waals surface area contributed by atoms with Crippen molar-refractivity contribution in [1.82, 2.24) is 0 Å². The summed E-state index contributed by atoms with van der Waals surface area (Å²) < 4.78 is 32.5. The van der Waals surface area contributed by atoms with E-state index >= 15 is 0 Å². The average molecular weight is 355 g/mol. The number of hydrogen-bond donors (Lipinski definition) is 0. The molecule has 0 unspecified atom stereocenters. The summed E-state index contributed by atoms with van der Waals surface area (Å²) in [4.78, 5) is 9.99. The Balaban J connectivity index is 2.52. The van der Waals surface area contributed by atoms with Crippen molar-refractivity contribution in [2.75, 3.05) is 0 Å². The normalized spacial score (nSPS) is 10.0. The number of nitrogens with zero attached hydrogens (tertiary/aromatic N) is 2. The molecule has 0 heterocycles. The molecule has 0 atom stereocenters. The van der Waals surface area contributed by atoms with Crippen molar-refractivity contribution >= 4 is 21.6 Å². The van der Waals surface area contributed by atoms with Crippen molar-refractivity contribution in [1.29, 1.82) is 5.26 Å². The average Bonchev–Trinajstić information content (AvgIpc) is 2.45. The molecule has 0 amide bonds. The topological polar surface area (TPSA) is 76.2 Å². The molecule has 0 saturated carbocycles. The number of halogens is 3. The van der Waals surface area contributed by atoms with E-state index in [0.29, 0.717) is 0 Å². The first-order valence-corrected chi connectivity index (χ1v) is 6.24. The largest absolute Gasteiger partial charge is 0.444 e. The summed E-state index contributed by atoms with van der Waals surface area (Å²) in [5.41, 5.74) is -0.613. The van der Waals surface area contributed by atoms with Crippen LogP contribution in [0, 0.1) is 33.1 Å². The van der Waals surface area contributed by atoms with Gasteiger partial charge in [0.1, 0.15) is 6.07 Å². The van der Waals surface area contributed by atoms with Gasteiger partial charge in [-0.3, -0.25) is 10.1 Å². The van der Waals surface area contributed by atoms with Gasteiger partial charge in [0.25, 0.3) is 0 Å². The Kier molecular flexibility index (Phi) is 4.14. The number of nitro groups is 1. The highest BCUT2D eigenvalue weighted by atomic mass is 79.9. The van der Waals surface area contributed by atoms with Crippen LogP contribution in [0.2, 0.25) is 0 Å². The maximum absolute atomic E-state index is 14.0. The Hall–Kier alpha value is -2.53. The molecule has 0 aliphatic carbocycles.